The zero-order valence-electron chi connectivity index (χ0n) is 46.8. The molecular formula is C49H94ClN3O24S2. The van der Waals surface area contributed by atoms with Gasteiger partial charge in [-0.3, -0.25) is 0 Å². The molecule has 4 saturated heterocycles. The second-order valence-electron chi connectivity index (χ2n) is 22.5. The Morgan fingerprint density at radius 2 is 0.924 bits per heavy atom. The van der Waals surface area contributed by atoms with Gasteiger partial charge in [-0.25, -0.2) is 16.8 Å². The van der Waals surface area contributed by atoms with Gasteiger partial charge in [0, 0.05) is 28.4 Å². The van der Waals surface area contributed by atoms with Gasteiger partial charge in [0.05, 0.1) is 67.3 Å². The largest absolute Gasteiger partial charge is 0.388 e. The van der Waals surface area contributed by atoms with Gasteiger partial charge in [-0.2, -0.15) is 0 Å². The Labute approximate surface area is 468 Å². The van der Waals surface area contributed by atoms with Crippen molar-refractivity contribution in [3.8, 4) is 0 Å². The van der Waals surface area contributed by atoms with Crippen molar-refractivity contribution in [3.05, 3.63) is 0 Å². The summed E-state index contributed by atoms with van der Waals surface area (Å²) >= 11 is 0. The van der Waals surface area contributed by atoms with Crippen LogP contribution in [0.5, 0.6) is 0 Å². The van der Waals surface area contributed by atoms with Crippen LogP contribution in [0.1, 0.15) is 93.9 Å². The maximum Gasteiger partial charge on any atom is 0.232 e. The van der Waals surface area contributed by atoms with E-state index in [1.165, 1.54) is 13.8 Å². The molecule has 4 aliphatic heterocycles. The number of halogens is 1. The molecule has 2 saturated carbocycles. The fraction of sp³-hybridized carbons (Fsp3) is 1.00. The number of likely N-dealkylation sites (N-methyl/N-ethyl adjacent to an activating group) is 2. The maximum absolute atomic E-state index is 12.8. The molecule has 2 aliphatic carbocycles. The number of hydrogen-bond donors (Lipinski definition) is 15. The molecule has 4 heterocycles. The Morgan fingerprint density at radius 3 is 1.29 bits per heavy atom. The molecule has 30 heteroatoms. The third-order valence-corrected chi connectivity index (χ3v) is 19.0. The summed E-state index contributed by atoms with van der Waals surface area (Å²) in [6.07, 6.45) is -22.2. The van der Waals surface area contributed by atoms with E-state index >= 15 is 0 Å². The summed E-state index contributed by atoms with van der Waals surface area (Å²) in [5.41, 5.74) is 3.53. The topological polar surface area (TPSA) is 435 Å². The number of aliphatic hydroxyl groups excluding tert-OH is 10. The summed E-state index contributed by atoms with van der Waals surface area (Å²) in [4.78, 5) is 0. The van der Waals surface area contributed by atoms with Crippen molar-refractivity contribution < 1.29 is 116 Å². The highest BCUT2D eigenvalue weighted by Gasteiger charge is 2.55. The molecule has 6 aliphatic rings. The highest BCUT2D eigenvalue weighted by Crippen LogP contribution is 2.40. The van der Waals surface area contributed by atoms with Crippen LogP contribution >= 0.6 is 10.7 Å². The smallest absolute Gasteiger partial charge is 0.232 e. The van der Waals surface area contributed by atoms with E-state index in [-0.39, 0.29) is 42.8 Å². The average molecular weight is 1210 g/mol. The Kier molecular flexibility index (Phi) is 26.9. The third kappa shape index (κ3) is 17.9. The van der Waals surface area contributed by atoms with Gasteiger partial charge in [-0.1, -0.05) is 41.5 Å². The molecule has 0 aromatic heterocycles. The zero-order chi connectivity index (χ0) is 59.9. The van der Waals surface area contributed by atoms with E-state index in [0.29, 0.717) is 32.1 Å². The Balaban J connectivity index is 0.000000307. The van der Waals surface area contributed by atoms with Gasteiger partial charge in [0.1, 0.15) is 78.3 Å². The Bertz CT molecular complexity index is 2060. The van der Waals surface area contributed by atoms with E-state index < -0.39 is 183 Å². The number of ether oxygens (including phenoxy) is 8. The van der Waals surface area contributed by atoms with Crippen LogP contribution in [0.2, 0.25) is 0 Å². The molecule has 6 fully saturated rings. The minimum absolute atomic E-state index is 0.0331. The first-order chi connectivity index (χ1) is 36.6. The highest BCUT2D eigenvalue weighted by molar-refractivity contribution is 8.13. The van der Waals surface area contributed by atoms with Crippen LogP contribution in [0.15, 0.2) is 0 Å². The van der Waals surface area contributed by atoms with E-state index in [2.05, 4.69) is 10.6 Å². The second kappa shape index (κ2) is 30.1. The van der Waals surface area contributed by atoms with Crippen LogP contribution in [0.4, 0.5) is 0 Å². The Hall–Kier alpha value is -0.730. The summed E-state index contributed by atoms with van der Waals surface area (Å²) in [6.45, 7) is 13.4. The monoisotopic (exact) mass is 1210 g/mol. The van der Waals surface area contributed by atoms with Crippen molar-refractivity contribution in [1.82, 2.24) is 10.6 Å². The molecule has 16 N–H and O–H groups in total. The maximum atomic E-state index is 12.8. The molecular weight excluding hydrogens is 1110 g/mol. The lowest BCUT2D eigenvalue weighted by atomic mass is 9.77. The van der Waals surface area contributed by atoms with Crippen LogP contribution in [0.25, 0.3) is 0 Å². The number of nitrogens with two attached hydrogens (primary N) is 1. The summed E-state index contributed by atoms with van der Waals surface area (Å²) < 4.78 is 91.9. The molecule has 0 bridgehead atoms. The van der Waals surface area contributed by atoms with Crippen molar-refractivity contribution >= 4 is 29.6 Å². The predicted molar refractivity (Wildman–Crippen MR) is 282 cm³/mol. The first-order valence-electron chi connectivity index (χ1n) is 27.3. The van der Waals surface area contributed by atoms with E-state index in [1.807, 2.05) is 6.92 Å². The minimum Gasteiger partial charge on any atom is -0.388 e. The molecule has 468 valence electrons. The first-order valence-corrected chi connectivity index (χ1v) is 31.6. The van der Waals surface area contributed by atoms with Crippen molar-refractivity contribution in [2.24, 2.45) is 23.5 Å². The third-order valence-electron chi connectivity index (χ3n) is 15.7. The van der Waals surface area contributed by atoms with Crippen LogP contribution in [0, 0.1) is 17.8 Å². The molecule has 0 aromatic carbocycles. The lowest BCUT2D eigenvalue weighted by molar-refractivity contribution is -0.337. The molecule has 0 amide bonds. The van der Waals surface area contributed by atoms with Gasteiger partial charge >= 0.3 is 0 Å². The standard InChI is InChI=1S/C25H47NO12S.C21H40N2O10.C3H7ClO2S/c1-6-8-39(33,34)10-13-9-12(3)20(37-24-17(29)16(28)15(27)14(7-2)36-24)18(30)21(13)38-23-19(31)22(26-5)25(4,32)11-35-23;1-5-10-11(24)12(25)13(26)20(31-10)32-16-8(2)6-9(22)17(14(16)27)33-19-15(28)18(23-4)21(3,29)7-30-19;1-2-3-7(4,5)6/h12-24,26-32H,6-11H2,1-5H3;8-20,23-29H,5-7,22H2,1-4H3;2-3H2,1H3/t12-,13-,14+,15+,16-,17+,18-,19+,20?,21-,22+,23+,24+,25-;8-,9+,10+,11+,12-,13+,14-,15+,16?,17-,18+,19+,20+,21-;/m00./s1. The summed E-state index contributed by atoms with van der Waals surface area (Å²) in [6, 6.07) is -2.16. The number of nitrogens with one attached hydrogen (secondary N) is 2. The molecule has 27 nitrogen and oxygen atoms in total. The van der Waals surface area contributed by atoms with Gasteiger partial charge in [-0.05, 0) is 78.3 Å². The first kappa shape index (κ1) is 70.8. The van der Waals surface area contributed by atoms with E-state index in [9.17, 15) is 78.1 Å². The van der Waals surface area contributed by atoms with Gasteiger partial charge < -0.3 is 116 Å². The van der Waals surface area contributed by atoms with Gasteiger partial charge in [0.15, 0.2) is 35.0 Å². The average Bonchev–Trinajstić information content (AvgIpc) is 3.38. The normalized spacial score (nSPS) is 47.0. The van der Waals surface area contributed by atoms with Gasteiger partial charge in [0.2, 0.25) is 9.05 Å². The van der Waals surface area contributed by atoms with E-state index in [1.54, 1.807) is 48.7 Å². The lowest BCUT2D eigenvalue weighted by Crippen LogP contribution is -2.67. The number of aliphatic hydroxyl groups is 12. The molecule has 2 unspecified atom stereocenters. The van der Waals surface area contributed by atoms with Crippen LogP contribution in [-0.2, 0) is 56.8 Å². The predicted octanol–water partition coefficient (Wildman–Crippen LogP) is -4.40. The molecule has 0 aromatic rings. The van der Waals surface area contributed by atoms with E-state index in [0.717, 1.165) is 0 Å². The van der Waals surface area contributed by atoms with Crippen molar-refractivity contribution in [2.75, 3.05) is 44.6 Å². The van der Waals surface area contributed by atoms with Crippen molar-refractivity contribution in [3.63, 3.8) is 0 Å². The zero-order valence-corrected chi connectivity index (χ0v) is 49.2. The summed E-state index contributed by atoms with van der Waals surface area (Å²) in [7, 11) is 1.28. The van der Waals surface area contributed by atoms with Crippen molar-refractivity contribution in [2.45, 2.75) is 246 Å². The van der Waals surface area contributed by atoms with Crippen molar-refractivity contribution in [1.29, 1.82) is 0 Å². The van der Waals surface area contributed by atoms with Gasteiger partial charge in [0.25, 0.3) is 0 Å². The number of rotatable bonds is 18. The fourth-order valence-electron chi connectivity index (χ4n) is 11.4. The molecule has 79 heavy (non-hydrogen) atoms. The molecule has 0 radical (unpaired) electrons. The molecule has 0 spiro atoms. The Morgan fingerprint density at radius 1 is 0.544 bits per heavy atom. The molecule has 6 rings (SSSR count). The highest BCUT2D eigenvalue weighted by atomic mass is 35.7. The quantitative estimate of drug-likeness (QED) is 0.0576. The SMILES string of the molecule is CCCS(=O)(=O)C[C@@H]1C[C@H](C)C(O[C@H]2O[C@H](CC)[C@@H](O)[C@H](O)[C@H]2O)[C@H](O)[C@H]1O[C@H]1OC[C@](C)(O)[C@H](NC)[C@H]1O.CCCS(=O)(=O)Cl.CC[C@H]1O[C@H](OC2[C@@H](C)C[C@@H](N)[C@H](O[C@H]3OC[C@](C)(O)[C@H](NC)[C@H]3O)[C@H]2O)[C@H](O)[C@@H](O)[C@@H]1O. The number of hydrogen-bond acceptors (Lipinski definition) is 27. The van der Waals surface area contributed by atoms with Crippen LogP contribution in [-0.4, -0.2) is 275 Å². The summed E-state index contributed by atoms with van der Waals surface area (Å²) in [5.74, 6) is -1.56. The lowest BCUT2D eigenvalue weighted by Gasteiger charge is -2.49. The molecule has 28 atom stereocenters. The summed E-state index contributed by atoms with van der Waals surface area (Å²) in [5, 5.41) is 132. The van der Waals surface area contributed by atoms with E-state index in [4.69, 9.17) is 54.3 Å². The van der Waals surface area contributed by atoms with Gasteiger partial charge in [-0.15, -0.1) is 0 Å². The minimum atomic E-state index is -3.49. The van der Waals surface area contributed by atoms with Crippen LogP contribution in [0.3, 0.4) is 0 Å². The fourth-order valence-corrected chi connectivity index (χ4v) is 14.2. The van der Waals surface area contributed by atoms with Crippen LogP contribution < -0.4 is 16.4 Å². The number of sulfone groups is 1. The second-order valence-corrected chi connectivity index (χ2v) is 27.6.